The van der Waals surface area contributed by atoms with Crippen LogP contribution in [0.3, 0.4) is 0 Å². The molecule has 2 rings (SSSR count). The van der Waals surface area contributed by atoms with Crippen molar-refractivity contribution in [2.24, 2.45) is 0 Å². The third-order valence-electron chi connectivity index (χ3n) is 3.72. The van der Waals surface area contributed by atoms with E-state index in [-0.39, 0.29) is 0 Å². The highest BCUT2D eigenvalue weighted by atomic mass is 16.5. The number of hydrogen-bond donors (Lipinski definition) is 0. The second-order valence-corrected chi connectivity index (χ2v) is 5.56. The molecular weight excluding hydrogens is 208 g/mol. The molecule has 1 aliphatic carbocycles. The highest BCUT2D eigenvalue weighted by molar-refractivity contribution is 5.37. The van der Waals surface area contributed by atoms with Crippen LogP contribution < -0.4 is 4.74 Å². The van der Waals surface area contributed by atoms with Crippen molar-refractivity contribution in [3.8, 4) is 5.75 Å². The molecule has 1 nitrogen and oxygen atoms in total. The molecule has 1 aromatic rings. The van der Waals surface area contributed by atoms with Gasteiger partial charge in [0.15, 0.2) is 0 Å². The molecule has 0 amide bonds. The monoisotopic (exact) mass is 232 g/mol. The molecule has 0 heterocycles. The van der Waals surface area contributed by atoms with Crippen LogP contribution in [0.5, 0.6) is 5.75 Å². The van der Waals surface area contributed by atoms with Crippen LogP contribution in [-0.4, -0.2) is 6.10 Å². The van der Waals surface area contributed by atoms with Gasteiger partial charge < -0.3 is 4.74 Å². The maximum atomic E-state index is 6.18. The fourth-order valence-electron chi connectivity index (χ4n) is 2.47. The second-order valence-electron chi connectivity index (χ2n) is 5.56. The Morgan fingerprint density at radius 2 is 1.82 bits per heavy atom. The fourth-order valence-corrected chi connectivity index (χ4v) is 2.47. The highest BCUT2D eigenvalue weighted by Crippen LogP contribution is 2.28. The first-order valence-corrected chi connectivity index (χ1v) is 6.94. The summed E-state index contributed by atoms with van der Waals surface area (Å²) in [5, 5.41) is 0. The second kappa shape index (κ2) is 5.57. The van der Waals surface area contributed by atoms with Crippen LogP contribution in [0.15, 0.2) is 18.2 Å². The summed E-state index contributed by atoms with van der Waals surface area (Å²) in [7, 11) is 0. The predicted molar refractivity (Wildman–Crippen MR) is 72.8 cm³/mol. The summed E-state index contributed by atoms with van der Waals surface area (Å²) in [5.41, 5.74) is 2.64. The molecule has 0 spiro atoms. The van der Waals surface area contributed by atoms with E-state index in [1.807, 2.05) is 0 Å². The molecule has 1 heteroatoms. The van der Waals surface area contributed by atoms with E-state index >= 15 is 0 Å². The van der Waals surface area contributed by atoms with Crippen LogP contribution in [0.4, 0.5) is 0 Å². The van der Waals surface area contributed by atoms with Crippen LogP contribution >= 0.6 is 0 Å². The van der Waals surface area contributed by atoms with Gasteiger partial charge in [0.25, 0.3) is 0 Å². The lowest BCUT2D eigenvalue weighted by Crippen LogP contribution is -2.20. The number of aryl methyl sites for hydroxylation is 1. The Morgan fingerprint density at radius 1 is 1.12 bits per heavy atom. The molecule has 17 heavy (non-hydrogen) atoms. The van der Waals surface area contributed by atoms with Crippen molar-refractivity contribution in [3.63, 3.8) is 0 Å². The molecule has 0 radical (unpaired) electrons. The van der Waals surface area contributed by atoms with Crippen molar-refractivity contribution in [1.82, 2.24) is 0 Å². The topological polar surface area (TPSA) is 9.23 Å². The molecule has 0 saturated heterocycles. The van der Waals surface area contributed by atoms with Crippen LogP contribution in [0.2, 0.25) is 0 Å². The molecule has 1 saturated carbocycles. The van der Waals surface area contributed by atoms with Gasteiger partial charge in [-0.3, -0.25) is 0 Å². The van der Waals surface area contributed by atoms with Gasteiger partial charge in [-0.05, 0) is 55.7 Å². The van der Waals surface area contributed by atoms with Crippen molar-refractivity contribution in [2.45, 2.75) is 64.9 Å². The van der Waals surface area contributed by atoms with Gasteiger partial charge >= 0.3 is 0 Å². The molecule has 1 aliphatic rings. The van der Waals surface area contributed by atoms with E-state index < -0.39 is 0 Å². The van der Waals surface area contributed by atoms with Gasteiger partial charge in [0.1, 0.15) is 5.75 Å². The Bertz CT molecular complexity index is 362. The van der Waals surface area contributed by atoms with Gasteiger partial charge in [0.05, 0.1) is 6.10 Å². The molecule has 0 bridgehead atoms. The van der Waals surface area contributed by atoms with E-state index in [4.69, 9.17) is 4.74 Å². The minimum absolute atomic E-state index is 0.449. The first-order chi connectivity index (χ1) is 8.16. The summed E-state index contributed by atoms with van der Waals surface area (Å²) in [6, 6.07) is 6.63. The van der Waals surface area contributed by atoms with Gasteiger partial charge in [-0.1, -0.05) is 32.4 Å². The molecule has 0 unspecified atom stereocenters. The molecule has 1 aromatic carbocycles. The standard InChI is InChI=1S/C16H24O/c1-12(2)14-10-9-13(3)16(11-14)17-15-7-5-4-6-8-15/h9-12,15H,4-8H2,1-3H3. The van der Waals surface area contributed by atoms with Crippen LogP contribution in [0, 0.1) is 6.92 Å². The van der Waals surface area contributed by atoms with Crippen molar-refractivity contribution in [2.75, 3.05) is 0 Å². The Morgan fingerprint density at radius 3 is 2.47 bits per heavy atom. The number of benzene rings is 1. The summed E-state index contributed by atoms with van der Waals surface area (Å²) < 4.78 is 6.18. The highest BCUT2D eigenvalue weighted by Gasteiger charge is 2.16. The number of ether oxygens (including phenoxy) is 1. The SMILES string of the molecule is Cc1ccc(C(C)C)cc1OC1CCCCC1. The van der Waals surface area contributed by atoms with Crippen molar-refractivity contribution in [3.05, 3.63) is 29.3 Å². The van der Waals surface area contributed by atoms with Gasteiger partial charge in [-0.15, -0.1) is 0 Å². The summed E-state index contributed by atoms with van der Waals surface area (Å²) in [5.74, 6) is 1.67. The average molecular weight is 232 g/mol. The molecule has 94 valence electrons. The molecule has 0 atom stereocenters. The summed E-state index contributed by atoms with van der Waals surface area (Å²) >= 11 is 0. The first-order valence-electron chi connectivity index (χ1n) is 6.94. The fraction of sp³-hybridized carbons (Fsp3) is 0.625. The van der Waals surface area contributed by atoms with E-state index in [9.17, 15) is 0 Å². The van der Waals surface area contributed by atoms with Crippen LogP contribution in [0.1, 0.15) is 63.0 Å². The van der Waals surface area contributed by atoms with Crippen LogP contribution in [-0.2, 0) is 0 Å². The average Bonchev–Trinajstić information content (AvgIpc) is 2.33. The first kappa shape index (κ1) is 12.5. The zero-order chi connectivity index (χ0) is 12.3. The third kappa shape index (κ3) is 3.24. The van der Waals surface area contributed by atoms with Crippen molar-refractivity contribution >= 4 is 0 Å². The smallest absolute Gasteiger partial charge is 0.122 e. The van der Waals surface area contributed by atoms with Gasteiger partial charge in [-0.25, -0.2) is 0 Å². The lowest BCUT2D eigenvalue weighted by molar-refractivity contribution is 0.154. The lowest BCUT2D eigenvalue weighted by atomic mass is 9.97. The van der Waals surface area contributed by atoms with E-state index in [2.05, 4.69) is 39.0 Å². The van der Waals surface area contributed by atoms with E-state index in [0.717, 1.165) is 5.75 Å². The predicted octanol–water partition coefficient (Wildman–Crippen LogP) is 4.83. The molecule has 1 fully saturated rings. The van der Waals surface area contributed by atoms with Gasteiger partial charge in [0.2, 0.25) is 0 Å². The summed E-state index contributed by atoms with van der Waals surface area (Å²) in [6.45, 7) is 6.60. The summed E-state index contributed by atoms with van der Waals surface area (Å²) in [6.07, 6.45) is 6.94. The van der Waals surface area contributed by atoms with E-state index in [1.54, 1.807) is 0 Å². The van der Waals surface area contributed by atoms with Gasteiger partial charge in [0, 0.05) is 0 Å². The normalized spacial score (nSPS) is 17.4. The quantitative estimate of drug-likeness (QED) is 0.725. The number of hydrogen-bond acceptors (Lipinski definition) is 1. The number of rotatable bonds is 3. The Balaban J connectivity index is 2.10. The maximum Gasteiger partial charge on any atom is 0.122 e. The molecule has 0 N–H and O–H groups in total. The molecule has 0 aliphatic heterocycles. The lowest BCUT2D eigenvalue weighted by Gasteiger charge is -2.24. The van der Waals surface area contributed by atoms with E-state index in [0.29, 0.717) is 12.0 Å². The maximum absolute atomic E-state index is 6.18. The summed E-state index contributed by atoms with van der Waals surface area (Å²) in [4.78, 5) is 0. The zero-order valence-corrected chi connectivity index (χ0v) is 11.3. The van der Waals surface area contributed by atoms with Crippen LogP contribution in [0.25, 0.3) is 0 Å². The van der Waals surface area contributed by atoms with Crippen molar-refractivity contribution < 1.29 is 4.74 Å². The molecular formula is C16H24O. The Kier molecular flexibility index (Phi) is 4.09. The van der Waals surface area contributed by atoms with Crippen molar-refractivity contribution in [1.29, 1.82) is 0 Å². The Hall–Kier alpha value is -0.980. The Labute approximate surface area is 105 Å². The zero-order valence-electron chi connectivity index (χ0n) is 11.3. The minimum atomic E-state index is 0.449. The third-order valence-corrected chi connectivity index (χ3v) is 3.72. The van der Waals surface area contributed by atoms with E-state index in [1.165, 1.54) is 43.2 Å². The molecule has 0 aromatic heterocycles. The minimum Gasteiger partial charge on any atom is -0.490 e. The van der Waals surface area contributed by atoms with Gasteiger partial charge in [-0.2, -0.15) is 0 Å². The largest absolute Gasteiger partial charge is 0.490 e.